The number of ether oxygens (including phenoxy) is 2. The monoisotopic (exact) mass is 916 g/mol. The number of nitrogen functional groups attached to an aromatic ring is 3. The Balaban J connectivity index is 0.000000177. The van der Waals surface area contributed by atoms with Gasteiger partial charge in [0.1, 0.15) is 17.2 Å². The van der Waals surface area contributed by atoms with E-state index >= 15 is 0 Å². The zero-order valence-corrected chi connectivity index (χ0v) is 36.9. The van der Waals surface area contributed by atoms with E-state index in [-0.39, 0.29) is 30.1 Å². The molecular weight excluding hydrogens is 869 g/mol. The van der Waals surface area contributed by atoms with Gasteiger partial charge in [0.05, 0.1) is 17.7 Å². The number of anilines is 6. The fourth-order valence-electron chi connectivity index (χ4n) is 5.71. The lowest BCUT2D eigenvalue weighted by Crippen LogP contribution is -2.15. The molecule has 5 aromatic carbocycles. The zero-order chi connectivity index (χ0) is 48.8. The summed E-state index contributed by atoms with van der Waals surface area (Å²) < 4.78 is 14.8. The van der Waals surface area contributed by atoms with Crippen molar-refractivity contribution in [3.63, 3.8) is 0 Å². The molecule has 0 unspecified atom stereocenters. The van der Waals surface area contributed by atoms with Gasteiger partial charge in [0.2, 0.25) is 5.76 Å². The van der Waals surface area contributed by atoms with Gasteiger partial charge in [-0.1, -0.05) is 30.3 Å². The number of pyridine rings is 2. The van der Waals surface area contributed by atoms with E-state index in [0.717, 1.165) is 10.9 Å². The number of aromatic carboxylic acids is 1. The molecular formula is C51H48N8O9. The molecule has 0 atom stereocenters. The van der Waals surface area contributed by atoms with Crippen LogP contribution in [0.1, 0.15) is 54.4 Å². The first-order valence-electron chi connectivity index (χ1n) is 20.7. The number of nitrogens with two attached hydrogens (primary N) is 3. The fourth-order valence-corrected chi connectivity index (χ4v) is 5.71. The Bertz CT molecular complexity index is 2920. The van der Waals surface area contributed by atoms with E-state index in [9.17, 15) is 24.0 Å². The molecule has 3 heterocycles. The molecule has 68 heavy (non-hydrogen) atoms. The van der Waals surface area contributed by atoms with Gasteiger partial charge in [-0.15, -0.1) is 0 Å². The van der Waals surface area contributed by atoms with Gasteiger partial charge in [0.25, 0.3) is 17.7 Å². The summed E-state index contributed by atoms with van der Waals surface area (Å²) in [4.78, 5) is 65.8. The van der Waals surface area contributed by atoms with Crippen LogP contribution >= 0.6 is 0 Å². The smallest absolute Gasteiger partial charge is 0.371 e. The predicted molar refractivity (Wildman–Crippen MR) is 261 cm³/mol. The number of aryl methyl sites for hydroxylation is 1. The number of carbonyl (C=O) groups is 5. The Labute approximate surface area is 390 Å². The molecule has 8 rings (SSSR count). The maximum atomic E-state index is 12.3. The number of fused-ring (bicyclic) bond motifs is 1. The van der Waals surface area contributed by atoms with E-state index < -0.39 is 11.9 Å². The second kappa shape index (κ2) is 25.1. The van der Waals surface area contributed by atoms with Crippen LogP contribution < -0.4 is 37.9 Å². The van der Waals surface area contributed by atoms with E-state index in [2.05, 4.69) is 25.9 Å². The van der Waals surface area contributed by atoms with E-state index in [0.29, 0.717) is 69.1 Å². The van der Waals surface area contributed by atoms with Crippen molar-refractivity contribution in [2.75, 3.05) is 46.4 Å². The van der Waals surface area contributed by atoms with Gasteiger partial charge >= 0.3 is 11.9 Å². The minimum atomic E-state index is -1.02. The maximum Gasteiger partial charge on any atom is 0.371 e. The molecule has 17 heteroatoms. The third-order valence-electron chi connectivity index (χ3n) is 9.01. The summed E-state index contributed by atoms with van der Waals surface area (Å²) in [6, 6.07) is 44.9. The van der Waals surface area contributed by atoms with Gasteiger partial charge in [-0.05, 0) is 141 Å². The molecule has 0 bridgehead atoms. The average molecular weight is 917 g/mol. The minimum absolute atomic E-state index is 0.00694. The Kier molecular flexibility index (Phi) is 18.3. The molecule has 0 saturated carbocycles. The lowest BCUT2D eigenvalue weighted by atomic mass is 10.1. The Hall–Kier alpha value is -9.51. The second-order valence-electron chi connectivity index (χ2n) is 14.2. The van der Waals surface area contributed by atoms with Gasteiger partial charge in [0.15, 0.2) is 6.61 Å². The van der Waals surface area contributed by atoms with Crippen molar-refractivity contribution in [1.29, 1.82) is 0 Å². The summed E-state index contributed by atoms with van der Waals surface area (Å²) in [5.74, 6) is -1.12. The number of benzene rings is 5. The van der Waals surface area contributed by atoms with Crippen LogP contribution in [0.5, 0.6) is 5.75 Å². The van der Waals surface area contributed by atoms with Crippen molar-refractivity contribution in [3.8, 4) is 5.75 Å². The number of hydrogen-bond acceptors (Lipinski definition) is 13. The first-order valence-corrected chi connectivity index (χ1v) is 20.7. The number of aromatic nitrogens is 2. The Morgan fingerprint density at radius 1 is 0.603 bits per heavy atom. The normalized spacial score (nSPS) is 9.97. The lowest BCUT2D eigenvalue weighted by Gasteiger charge is -2.08. The molecule has 3 amide bonds. The van der Waals surface area contributed by atoms with Crippen LogP contribution in [0.3, 0.4) is 0 Å². The summed E-state index contributed by atoms with van der Waals surface area (Å²) in [6.07, 6.45) is 3.22. The van der Waals surface area contributed by atoms with Gasteiger partial charge in [-0.3, -0.25) is 24.4 Å². The summed E-state index contributed by atoms with van der Waals surface area (Å²) >= 11 is 0. The highest BCUT2D eigenvalue weighted by Gasteiger charge is 2.12. The molecule has 0 saturated heterocycles. The van der Waals surface area contributed by atoms with Gasteiger partial charge in [0, 0.05) is 57.5 Å². The van der Waals surface area contributed by atoms with E-state index in [1.165, 1.54) is 6.07 Å². The van der Waals surface area contributed by atoms with Crippen molar-refractivity contribution in [2.24, 2.45) is 0 Å². The quantitative estimate of drug-likeness (QED) is 0.0472. The summed E-state index contributed by atoms with van der Waals surface area (Å²) in [5, 5.41) is 17.5. The zero-order valence-electron chi connectivity index (χ0n) is 36.9. The molecule has 0 aliphatic heterocycles. The molecule has 3 aromatic heterocycles. The van der Waals surface area contributed by atoms with Gasteiger partial charge < -0.3 is 52.1 Å². The van der Waals surface area contributed by atoms with Crippen LogP contribution in [-0.2, 0) is 9.53 Å². The summed E-state index contributed by atoms with van der Waals surface area (Å²) in [7, 11) is 0. The predicted octanol–water partition coefficient (Wildman–Crippen LogP) is 8.73. The standard InChI is InChI=1S/C17H18N2O4.C16H13N3O.C12H11N3O.C6H6O3/c1-2-22-16(20)11-23-15-5-3-4-12(10-15)17(21)19-14-8-6-13(18)7-9-14;17-11-5-7-12(8-6-11)19-16(20)14-9-10-18-15-4-2-1-3-13(14)15;13-9-4-6-10(7-5-9)15-12(16)11-3-1-2-8-14-11;1-4-2-3-5(9-4)6(7)8/h3-10H,2,11,18H2,1H3,(H,19,21);1-10H,17H2,(H,19,20);1-8H,13H2,(H,15,16);2-3H,1H3,(H,7,8). The van der Waals surface area contributed by atoms with Crippen molar-refractivity contribution in [3.05, 3.63) is 198 Å². The van der Waals surface area contributed by atoms with Crippen molar-refractivity contribution >= 4 is 74.7 Å². The summed E-state index contributed by atoms with van der Waals surface area (Å²) in [5.41, 5.74) is 23.0. The van der Waals surface area contributed by atoms with Crippen LogP contribution in [0, 0.1) is 6.92 Å². The highest BCUT2D eigenvalue weighted by atomic mass is 16.6. The Morgan fingerprint density at radius 2 is 1.18 bits per heavy atom. The molecule has 0 radical (unpaired) electrons. The van der Waals surface area contributed by atoms with Crippen LogP contribution in [0.15, 0.2) is 175 Å². The number of esters is 1. The Morgan fingerprint density at radius 3 is 1.71 bits per heavy atom. The minimum Gasteiger partial charge on any atom is -0.482 e. The molecule has 17 nitrogen and oxygen atoms in total. The van der Waals surface area contributed by atoms with E-state index in [1.54, 1.807) is 154 Å². The largest absolute Gasteiger partial charge is 0.482 e. The fraction of sp³-hybridized carbons (Fsp3) is 0.0784. The van der Waals surface area contributed by atoms with E-state index in [1.807, 2.05) is 24.3 Å². The van der Waals surface area contributed by atoms with Crippen LogP contribution in [-0.4, -0.2) is 57.9 Å². The molecule has 0 spiro atoms. The molecule has 10 N–H and O–H groups in total. The topological polar surface area (TPSA) is 277 Å². The van der Waals surface area contributed by atoms with Crippen molar-refractivity contribution in [1.82, 2.24) is 9.97 Å². The third-order valence-corrected chi connectivity index (χ3v) is 9.01. The van der Waals surface area contributed by atoms with Gasteiger partial charge in [-0.25, -0.2) is 9.59 Å². The average Bonchev–Trinajstić information content (AvgIpc) is 3.80. The number of furan rings is 1. The number of carboxylic acids is 1. The number of nitrogens with one attached hydrogen (secondary N) is 3. The maximum absolute atomic E-state index is 12.3. The molecule has 346 valence electrons. The molecule has 0 aliphatic rings. The molecule has 8 aromatic rings. The van der Waals surface area contributed by atoms with Crippen LogP contribution in [0.2, 0.25) is 0 Å². The third kappa shape index (κ3) is 15.9. The number of rotatable bonds is 11. The second-order valence-corrected chi connectivity index (χ2v) is 14.2. The number of nitrogens with zero attached hydrogens (tertiary/aromatic N) is 2. The highest BCUT2D eigenvalue weighted by molar-refractivity contribution is 6.12. The van der Waals surface area contributed by atoms with E-state index in [4.69, 9.17) is 36.2 Å². The SMILES string of the molecule is CCOC(=O)COc1cccc(C(=O)Nc2ccc(N)cc2)c1.Cc1ccc(C(=O)O)o1.Nc1ccc(NC(=O)c2ccccn2)cc1.Nc1ccc(NC(=O)c2ccnc3ccccc23)cc1. The number of para-hydroxylation sites is 1. The van der Waals surface area contributed by atoms with Crippen molar-refractivity contribution < 1.29 is 43.0 Å². The van der Waals surface area contributed by atoms with Crippen LogP contribution in [0.25, 0.3) is 10.9 Å². The number of carbonyl (C=O) groups excluding carboxylic acids is 4. The van der Waals surface area contributed by atoms with Crippen LogP contribution in [0.4, 0.5) is 34.1 Å². The molecule has 0 fully saturated rings. The molecule has 0 aliphatic carbocycles. The highest BCUT2D eigenvalue weighted by Crippen LogP contribution is 2.20. The first kappa shape index (κ1) is 49.5. The first-order chi connectivity index (χ1) is 32.8. The number of hydrogen-bond donors (Lipinski definition) is 7. The number of amides is 3. The van der Waals surface area contributed by atoms with Gasteiger partial charge in [-0.2, -0.15) is 0 Å². The summed E-state index contributed by atoms with van der Waals surface area (Å²) in [6.45, 7) is 3.52. The lowest BCUT2D eigenvalue weighted by molar-refractivity contribution is -0.145. The van der Waals surface area contributed by atoms with Crippen molar-refractivity contribution in [2.45, 2.75) is 13.8 Å². The number of carboxylic acid groups (broad SMARTS) is 1.